The molecule has 0 saturated heterocycles. The summed E-state index contributed by atoms with van der Waals surface area (Å²) in [5.74, 6) is -1.76. The molecule has 0 aliphatic carbocycles. The van der Waals surface area contributed by atoms with E-state index in [1.54, 1.807) is 6.92 Å². The molecule has 0 atom stereocenters. The Labute approximate surface area is 270 Å². The molecule has 0 unspecified atom stereocenters. The summed E-state index contributed by atoms with van der Waals surface area (Å²) in [6.45, 7) is 20.9. The van der Waals surface area contributed by atoms with Crippen LogP contribution in [0.25, 0.3) is 0 Å². The van der Waals surface area contributed by atoms with Crippen molar-refractivity contribution in [3.63, 3.8) is 0 Å². The SMILES string of the molecule is CC(C)=CCC/C(C)=C/CC/C(C)=C/C=C/C(C)=C/C(=O)O.CC(C)=CCC/C(C)=C/CC/C(C)=C/CC/C(C)=C/C(=O)O. The van der Waals surface area contributed by atoms with E-state index in [9.17, 15) is 9.59 Å². The number of carboxylic acid groups (broad SMARTS) is 2. The highest BCUT2D eigenvalue weighted by atomic mass is 16.4. The van der Waals surface area contributed by atoms with Crippen molar-refractivity contribution in [2.45, 2.75) is 133 Å². The fourth-order valence-electron chi connectivity index (χ4n) is 4.10. The minimum atomic E-state index is -0.906. The van der Waals surface area contributed by atoms with Crippen molar-refractivity contribution in [2.24, 2.45) is 0 Å². The summed E-state index contributed by atoms with van der Waals surface area (Å²) in [4.78, 5) is 21.0. The van der Waals surface area contributed by atoms with Crippen LogP contribution in [0.2, 0.25) is 0 Å². The molecule has 0 amide bonds. The highest BCUT2D eigenvalue weighted by Crippen LogP contribution is 2.14. The van der Waals surface area contributed by atoms with Crippen LogP contribution >= 0.6 is 0 Å². The minimum absolute atomic E-state index is 0.742. The van der Waals surface area contributed by atoms with E-state index in [1.165, 1.54) is 45.6 Å². The number of carbonyl (C=O) groups is 2. The zero-order chi connectivity index (χ0) is 33.9. The van der Waals surface area contributed by atoms with Gasteiger partial charge in [0.1, 0.15) is 0 Å². The smallest absolute Gasteiger partial charge is 0.328 e. The zero-order valence-electron chi connectivity index (χ0n) is 29.6. The Balaban J connectivity index is 0. The van der Waals surface area contributed by atoms with Gasteiger partial charge < -0.3 is 10.2 Å². The number of rotatable bonds is 19. The van der Waals surface area contributed by atoms with Crippen LogP contribution in [0.15, 0.2) is 105 Å². The number of hydrogen-bond donors (Lipinski definition) is 2. The van der Waals surface area contributed by atoms with E-state index in [2.05, 4.69) is 85.8 Å². The molecule has 0 aromatic rings. The Kier molecular flexibility index (Phi) is 26.4. The molecular weight excluding hydrogens is 544 g/mol. The summed E-state index contributed by atoms with van der Waals surface area (Å²) in [6.07, 6.45) is 30.3. The quantitative estimate of drug-likeness (QED) is 0.0871. The number of allylic oxidation sites excluding steroid dienone is 16. The molecule has 246 valence electrons. The Morgan fingerprint density at radius 1 is 0.455 bits per heavy atom. The first-order chi connectivity index (χ1) is 20.6. The third-order valence-electron chi connectivity index (χ3n) is 6.74. The molecule has 0 heterocycles. The fraction of sp³-hybridized carbons (Fsp3) is 0.500. The van der Waals surface area contributed by atoms with Gasteiger partial charge in [-0.25, -0.2) is 9.59 Å². The molecule has 0 spiro atoms. The maximum Gasteiger partial charge on any atom is 0.328 e. The predicted molar refractivity (Wildman–Crippen MR) is 192 cm³/mol. The molecular formula is C40H62O4. The van der Waals surface area contributed by atoms with Gasteiger partial charge in [-0.2, -0.15) is 0 Å². The Morgan fingerprint density at radius 2 is 0.795 bits per heavy atom. The van der Waals surface area contributed by atoms with Gasteiger partial charge in [0.25, 0.3) is 0 Å². The van der Waals surface area contributed by atoms with Gasteiger partial charge in [-0.15, -0.1) is 0 Å². The lowest BCUT2D eigenvalue weighted by atomic mass is 10.0. The maximum absolute atomic E-state index is 10.5. The Morgan fingerprint density at radius 3 is 1.16 bits per heavy atom. The minimum Gasteiger partial charge on any atom is -0.478 e. The predicted octanol–water partition coefficient (Wildman–Crippen LogP) is 12.2. The van der Waals surface area contributed by atoms with Gasteiger partial charge in [-0.05, 0) is 139 Å². The van der Waals surface area contributed by atoms with Crippen LogP contribution in [0.1, 0.15) is 133 Å². The van der Waals surface area contributed by atoms with Gasteiger partial charge in [0, 0.05) is 12.2 Å². The lowest BCUT2D eigenvalue weighted by molar-refractivity contribution is -0.132. The van der Waals surface area contributed by atoms with Gasteiger partial charge in [0.15, 0.2) is 0 Å². The summed E-state index contributed by atoms with van der Waals surface area (Å²) in [6, 6.07) is 0. The summed E-state index contributed by atoms with van der Waals surface area (Å²) >= 11 is 0. The standard InChI is InChI=1S/C20H32O2.C20H30O2/c2*1-16(2)9-6-10-17(3)11-7-12-18(4)13-8-14-19(5)15-20(21)22/h9,11,13,15H,6-8,10,12,14H2,1-5H3,(H,21,22);8-9,11,13-15H,6-7,10,12H2,1-5H3,(H,21,22)/b17-11+,18-13+,19-15+;14-8+,17-11+,18-13+,19-15+. The highest BCUT2D eigenvalue weighted by Gasteiger charge is 1.96. The first-order valence-electron chi connectivity index (χ1n) is 16.0. The van der Waals surface area contributed by atoms with Crippen molar-refractivity contribution in [2.75, 3.05) is 0 Å². The summed E-state index contributed by atoms with van der Waals surface area (Å²) < 4.78 is 0. The normalized spacial score (nSPS) is 13.4. The molecule has 0 saturated carbocycles. The van der Waals surface area contributed by atoms with Crippen molar-refractivity contribution in [1.29, 1.82) is 0 Å². The molecule has 44 heavy (non-hydrogen) atoms. The summed E-state index contributed by atoms with van der Waals surface area (Å²) in [5, 5.41) is 17.3. The molecule has 4 nitrogen and oxygen atoms in total. The van der Waals surface area contributed by atoms with Crippen LogP contribution in [0.5, 0.6) is 0 Å². The second-order valence-electron chi connectivity index (χ2n) is 12.3. The van der Waals surface area contributed by atoms with Crippen molar-refractivity contribution in [3.05, 3.63) is 105 Å². The van der Waals surface area contributed by atoms with Crippen LogP contribution < -0.4 is 0 Å². The molecule has 0 aliphatic heterocycles. The molecule has 0 bridgehead atoms. The van der Waals surface area contributed by atoms with Crippen LogP contribution in [0.3, 0.4) is 0 Å². The first kappa shape index (κ1) is 42.7. The van der Waals surface area contributed by atoms with E-state index in [-0.39, 0.29) is 0 Å². The summed E-state index contributed by atoms with van der Waals surface area (Å²) in [7, 11) is 0. The Bertz CT molecular complexity index is 1140. The maximum atomic E-state index is 10.5. The zero-order valence-corrected chi connectivity index (χ0v) is 29.6. The molecule has 0 aromatic heterocycles. The van der Waals surface area contributed by atoms with Gasteiger partial charge in [0.2, 0.25) is 0 Å². The lowest BCUT2D eigenvalue weighted by Gasteiger charge is -2.02. The number of hydrogen-bond acceptors (Lipinski definition) is 2. The van der Waals surface area contributed by atoms with Crippen LogP contribution in [-0.4, -0.2) is 22.2 Å². The third kappa shape index (κ3) is 33.1. The van der Waals surface area contributed by atoms with Crippen molar-refractivity contribution >= 4 is 11.9 Å². The molecule has 4 heteroatoms. The van der Waals surface area contributed by atoms with Gasteiger partial charge in [-0.3, -0.25) is 0 Å². The van der Waals surface area contributed by atoms with Gasteiger partial charge >= 0.3 is 11.9 Å². The molecule has 0 fully saturated rings. The van der Waals surface area contributed by atoms with Gasteiger partial charge in [0.05, 0.1) is 0 Å². The monoisotopic (exact) mass is 606 g/mol. The third-order valence-corrected chi connectivity index (χ3v) is 6.74. The molecule has 0 rings (SSSR count). The highest BCUT2D eigenvalue weighted by molar-refractivity contribution is 5.81. The van der Waals surface area contributed by atoms with Gasteiger partial charge in [-0.1, -0.05) is 87.6 Å². The fourth-order valence-corrected chi connectivity index (χ4v) is 4.10. The van der Waals surface area contributed by atoms with Crippen molar-refractivity contribution in [3.8, 4) is 0 Å². The van der Waals surface area contributed by atoms with E-state index in [0.717, 1.165) is 75.4 Å². The molecule has 0 aromatic carbocycles. The lowest BCUT2D eigenvalue weighted by Crippen LogP contribution is -1.89. The average molecular weight is 607 g/mol. The second-order valence-corrected chi connectivity index (χ2v) is 12.3. The van der Waals surface area contributed by atoms with E-state index >= 15 is 0 Å². The van der Waals surface area contributed by atoms with E-state index < -0.39 is 11.9 Å². The van der Waals surface area contributed by atoms with Crippen molar-refractivity contribution in [1.82, 2.24) is 0 Å². The molecule has 0 aliphatic rings. The largest absolute Gasteiger partial charge is 0.478 e. The Hall–Kier alpha value is -3.40. The number of aliphatic carboxylic acids is 2. The van der Waals surface area contributed by atoms with Crippen LogP contribution in [-0.2, 0) is 9.59 Å². The first-order valence-corrected chi connectivity index (χ1v) is 16.0. The summed E-state index contributed by atoms with van der Waals surface area (Å²) in [5.41, 5.74) is 10.0. The average Bonchev–Trinajstić information content (AvgIpc) is 2.87. The second kappa shape index (κ2) is 27.2. The van der Waals surface area contributed by atoms with Crippen LogP contribution in [0, 0.1) is 0 Å². The van der Waals surface area contributed by atoms with E-state index in [1.807, 2.05) is 25.2 Å². The van der Waals surface area contributed by atoms with Crippen molar-refractivity contribution < 1.29 is 19.8 Å². The van der Waals surface area contributed by atoms with Crippen LogP contribution in [0.4, 0.5) is 0 Å². The van der Waals surface area contributed by atoms with E-state index in [4.69, 9.17) is 10.2 Å². The number of carboxylic acids is 2. The molecule has 0 radical (unpaired) electrons. The molecule has 2 N–H and O–H groups in total. The van der Waals surface area contributed by atoms with E-state index in [0.29, 0.717) is 0 Å². The topological polar surface area (TPSA) is 74.6 Å².